The Bertz CT molecular complexity index is 171. The van der Waals surface area contributed by atoms with Crippen LogP contribution in [0, 0.1) is 0 Å². The molecule has 0 unspecified atom stereocenters. The maximum absolute atomic E-state index is 11.8. The van der Waals surface area contributed by atoms with Gasteiger partial charge in [-0.25, -0.2) is 0 Å². The Morgan fingerprint density at radius 1 is 1.00 bits per heavy atom. The van der Waals surface area contributed by atoms with Crippen LogP contribution in [0.15, 0.2) is 0 Å². The molecule has 15 heavy (non-hydrogen) atoms. The summed E-state index contributed by atoms with van der Waals surface area (Å²) >= 11 is 0. The van der Waals surface area contributed by atoms with Gasteiger partial charge in [-0.2, -0.15) is 0 Å². The smallest absolute Gasteiger partial charge is 0.222 e. The first-order valence-electron chi connectivity index (χ1n) is 6.62. The molecule has 1 aliphatic rings. The minimum Gasteiger partial charge on any atom is -0.343 e. The summed E-state index contributed by atoms with van der Waals surface area (Å²) < 4.78 is 0. The summed E-state index contributed by atoms with van der Waals surface area (Å²) in [6, 6.07) is 0. The van der Waals surface area contributed by atoms with Crippen molar-refractivity contribution in [1.29, 1.82) is 0 Å². The van der Waals surface area contributed by atoms with Crippen molar-refractivity contribution in [3.8, 4) is 0 Å². The Hall–Kier alpha value is -0.530. The van der Waals surface area contributed by atoms with Crippen molar-refractivity contribution < 1.29 is 4.79 Å². The second-order valence-electron chi connectivity index (χ2n) is 4.61. The number of carbonyl (C=O) groups excluding carboxylic acids is 1. The van der Waals surface area contributed by atoms with Crippen LogP contribution in [0.5, 0.6) is 0 Å². The van der Waals surface area contributed by atoms with Crippen LogP contribution in [-0.2, 0) is 4.79 Å². The van der Waals surface area contributed by atoms with Crippen molar-refractivity contribution >= 4 is 5.91 Å². The van der Waals surface area contributed by atoms with Crippen LogP contribution >= 0.6 is 0 Å². The van der Waals surface area contributed by atoms with E-state index < -0.39 is 0 Å². The van der Waals surface area contributed by atoms with Crippen LogP contribution in [0.4, 0.5) is 0 Å². The Labute approximate surface area is 94.0 Å². The number of amides is 1. The average Bonchev–Trinajstić information content (AvgIpc) is 2.52. The second-order valence-corrected chi connectivity index (χ2v) is 4.61. The lowest BCUT2D eigenvalue weighted by molar-refractivity contribution is -0.131. The van der Waals surface area contributed by atoms with Gasteiger partial charge in [-0.1, -0.05) is 39.0 Å². The van der Waals surface area contributed by atoms with Crippen LogP contribution in [0.25, 0.3) is 0 Å². The van der Waals surface area contributed by atoms with Crippen molar-refractivity contribution in [3.63, 3.8) is 0 Å². The Kier molecular flexibility index (Phi) is 6.45. The number of rotatable bonds is 5. The van der Waals surface area contributed by atoms with Crippen molar-refractivity contribution in [1.82, 2.24) is 4.90 Å². The summed E-state index contributed by atoms with van der Waals surface area (Å²) in [4.78, 5) is 13.9. The fraction of sp³-hybridized carbons (Fsp3) is 0.923. The minimum atomic E-state index is 0.396. The molecular weight excluding hydrogens is 186 g/mol. The van der Waals surface area contributed by atoms with Crippen molar-refractivity contribution in [2.45, 2.75) is 64.7 Å². The van der Waals surface area contributed by atoms with Gasteiger partial charge in [0.25, 0.3) is 0 Å². The summed E-state index contributed by atoms with van der Waals surface area (Å²) in [5, 5.41) is 0. The molecular formula is C13H25NO. The van der Waals surface area contributed by atoms with Crippen molar-refractivity contribution in [3.05, 3.63) is 0 Å². The van der Waals surface area contributed by atoms with Gasteiger partial charge in [0.15, 0.2) is 0 Å². The minimum absolute atomic E-state index is 0.396. The maximum Gasteiger partial charge on any atom is 0.222 e. The van der Waals surface area contributed by atoms with Gasteiger partial charge in [-0.05, 0) is 19.3 Å². The van der Waals surface area contributed by atoms with E-state index in [9.17, 15) is 4.79 Å². The van der Waals surface area contributed by atoms with Gasteiger partial charge in [0.2, 0.25) is 5.91 Å². The normalized spacial score (nSPS) is 17.5. The van der Waals surface area contributed by atoms with E-state index in [1.165, 1.54) is 44.9 Å². The van der Waals surface area contributed by atoms with E-state index in [1.54, 1.807) is 0 Å². The molecule has 1 saturated heterocycles. The molecule has 0 aromatic carbocycles. The monoisotopic (exact) mass is 211 g/mol. The van der Waals surface area contributed by atoms with E-state index in [0.29, 0.717) is 5.91 Å². The van der Waals surface area contributed by atoms with E-state index >= 15 is 0 Å². The zero-order valence-electron chi connectivity index (χ0n) is 10.1. The quantitative estimate of drug-likeness (QED) is 0.639. The number of unbranched alkanes of at least 4 members (excludes halogenated alkanes) is 3. The zero-order valence-corrected chi connectivity index (χ0v) is 10.1. The van der Waals surface area contributed by atoms with Crippen molar-refractivity contribution in [2.24, 2.45) is 0 Å². The molecule has 1 rings (SSSR count). The average molecular weight is 211 g/mol. The predicted octanol–water partition coefficient (Wildman–Crippen LogP) is 3.36. The standard InChI is InChI=1S/C13H25NO/c1-2-3-4-7-10-13(15)14-11-8-5-6-9-12-14/h2-12H2,1H3. The van der Waals surface area contributed by atoms with Gasteiger partial charge in [0, 0.05) is 19.5 Å². The molecule has 88 valence electrons. The first kappa shape index (κ1) is 12.5. The molecule has 0 bridgehead atoms. The third-order valence-corrected chi connectivity index (χ3v) is 3.20. The molecule has 2 nitrogen and oxygen atoms in total. The molecule has 0 aromatic rings. The lowest BCUT2D eigenvalue weighted by Gasteiger charge is -2.20. The number of carbonyl (C=O) groups is 1. The molecule has 0 aliphatic carbocycles. The molecule has 0 spiro atoms. The zero-order chi connectivity index (χ0) is 10.9. The topological polar surface area (TPSA) is 20.3 Å². The third kappa shape index (κ3) is 5.19. The van der Waals surface area contributed by atoms with E-state index in [-0.39, 0.29) is 0 Å². The molecule has 1 heterocycles. The van der Waals surface area contributed by atoms with Gasteiger partial charge >= 0.3 is 0 Å². The highest BCUT2D eigenvalue weighted by atomic mass is 16.2. The highest BCUT2D eigenvalue weighted by Gasteiger charge is 2.14. The SMILES string of the molecule is CCCCCCC(=O)N1CCCCCC1. The van der Waals surface area contributed by atoms with Crippen LogP contribution in [0.3, 0.4) is 0 Å². The molecule has 1 amide bonds. The molecule has 0 N–H and O–H groups in total. The molecule has 1 aliphatic heterocycles. The van der Waals surface area contributed by atoms with Gasteiger partial charge < -0.3 is 4.90 Å². The number of nitrogens with zero attached hydrogens (tertiary/aromatic N) is 1. The summed E-state index contributed by atoms with van der Waals surface area (Å²) in [5.74, 6) is 0.396. The molecule has 1 fully saturated rings. The molecule has 0 saturated carbocycles. The lowest BCUT2D eigenvalue weighted by Crippen LogP contribution is -2.31. The van der Waals surface area contributed by atoms with Crippen molar-refractivity contribution in [2.75, 3.05) is 13.1 Å². The summed E-state index contributed by atoms with van der Waals surface area (Å²) in [6.07, 6.45) is 10.6. The van der Waals surface area contributed by atoms with Crippen LogP contribution in [-0.4, -0.2) is 23.9 Å². The van der Waals surface area contributed by atoms with Crippen LogP contribution < -0.4 is 0 Å². The first-order chi connectivity index (χ1) is 7.34. The highest BCUT2D eigenvalue weighted by Crippen LogP contribution is 2.12. The van der Waals surface area contributed by atoms with E-state index in [4.69, 9.17) is 0 Å². The number of hydrogen-bond donors (Lipinski definition) is 0. The highest BCUT2D eigenvalue weighted by molar-refractivity contribution is 5.76. The molecule has 2 heteroatoms. The summed E-state index contributed by atoms with van der Waals surface area (Å²) in [6.45, 7) is 4.22. The Balaban J connectivity index is 2.14. The molecule has 0 aromatic heterocycles. The van der Waals surface area contributed by atoms with Gasteiger partial charge in [-0.3, -0.25) is 4.79 Å². The number of likely N-dealkylation sites (tertiary alicyclic amines) is 1. The fourth-order valence-electron chi connectivity index (χ4n) is 2.18. The van der Waals surface area contributed by atoms with Gasteiger partial charge in [0.05, 0.1) is 0 Å². The first-order valence-corrected chi connectivity index (χ1v) is 6.62. The van der Waals surface area contributed by atoms with E-state index in [2.05, 4.69) is 11.8 Å². The lowest BCUT2D eigenvalue weighted by atomic mass is 10.1. The third-order valence-electron chi connectivity index (χ3n) is 3.20. The van der Waals surface area contributed by atoms with Crippen LogP contribution in [0.1, 0.15) is 64.7 Å². The summed E-state index contributed by atoms with van der Waals surface area (Å²) in [7, 11) is 0. The Morgan fingerprint density at radius 2 is 1.67 bits per heavy atom. The largest absolute Gasteiger partial charge is 0.343 e. The maximum atomic E-state index is 11.8. The van der Waals surface area contributed by atoms with E-state index in [0.717, 1.165) is 25.9 Å². The molecule has 0 atom stereocenters. The fourth-order valence-corrected chi connectivity index (χ4v) is 2.18. The summed E-state index contributed by atoms with van der Waals surface area (Å²) in [5.41, 5.74) is 0. The number of hydrogen-bond acceptors (Lipinski definition) is 1. The van der Waals surface area contributed by atoms with Gasteiger partial charge in [-0.15, -0.1) is 0 Å². The van der Waals surface area contributed by atoms with Gasteiger partial charge in [0.1, 0.15) is 0 Å². The van der Waals surface area contributed by atoms with E-state index in [1.807, 2.05) is 0 Å². The van der Waals surface area contributed by atoms with Crippen LogP contribution in [0.2, 0.25) is 0 Å². The predicted molar refractivity (Wildman–Crippen MR) is 63.8 cm³/mol. The second kappa shape index (κ2) is 7.72. The Morgan fingerprint density at radius 3 is 2.27 bits per heavy atom. The molecule has 0 radical (unpaired) electrons.